The summed E-state index contributed by atoms with van der Waals surface area (Å²) in [6, 6.07) is 7.92. The lowest BCUT2D eigenvalue weighted by Gasteiger charge is -2.14. The molecule has 0 unspecified atom stereocenters. The summed E-state index contributed by atoms with van der Waals surface area (Å²) >= 11 is 0. The molecule has 8 heteroatoms. The molecule has 1 aromatic heterocycles. The second-order valence-corrected chi connectivity index (χ2v) is 5.86. The molecule has 1 aromatic carbocycles. The molecule has 0 radical (unpaired) electrons. The molecule has 0 atom stereocenters. The first-order chi connectivity index (χ1) is 12.5. The van der Waals surface area contributed by atoms with E-state index in [2.05, 4.69) is 10.3 Å². The lowest BCUT2D eigenvalue weighted by Crippen LogP contribution is -2.41. The van der Waals surface area contributed by atoms with Crippen molar-refractivity contribution in [3.63, 3.8) is 0 Å². The maximum absolute atomic E-state index is 12.2. The number of fused-ring (bicyclic) bond motifs is 1. The van der Waals surface area contributed by atoms with Crippen LogP contribution in [-0.4, -0.2) is 45.3 Å². The van der Waals surface area contributed by atoms with Crippen molar-refractivity contribution >= 4 is 17.7 Å². The lowest BCUT2D eigenvalue weighted by atomic mass is 10.1. The maximum Gasteiger partial charge on any atom is 0.262 e. The zero-order valence-corrected chi connectivity index (χ0v) is 14.3. The van der Waals surface area contributed by atoms with Crippen molar-refractivity contribution in [2.45, 2.75) is 19.9 Å². The molecule has 0 saturated carbocycles. The average Bonchev–Trinajstić information content (AvgIpc) is 2.88. The van der Waals surface area contributed by atoms with E-state index in [1.54, 1.807) is 24.3 Å². The summed E-state index contributed by atoms with van der Waals surface area (Å²) in [5.74, 6) is -1.42. The van der Waals surface area contributed by atoms with Gasteiger partial charge in [-0.15, -0.1) is 0 Å². The molecule has 0 bridgehead atoms. The van der Waals surface area contributed by atoms with Crippen LogP contribution >= 0.6 is 0 Å². The van der Waals surface area contributed by atoms with E-state index in [1.807, 2.05) is 6.92 Å². The first-order valence-electron chi connectivity index (χ1n) is 8.28. The first kappa shape index (κ1) is 17.5. The standard InChI is InChI=1S/C18H18N4O4/c1-2-12-9-16(24)21(11-20-12)8-7-19-15(23)10-22-17(25)13-5-3-4-6-14(13)18(22)26/h3-6,9,11H,2,7-8,10H2,1H3,(H,19,23). The molecule has 3 rings (SSSR count). The summed E-state index contributed by atoms with van der Waals surface area (Å²) in [6.45, 7) is 2.00. The number of hydrogen-bond acceptors (Lipinski definition) is 5. The number of carbonyl (C=O) groups is 3. The fourth-order valence-corrected chi connectivity index (χ4v) is 2.72. The minimum atomic E-state index is -0.476. The van der Waals surface area contributed by atoms with Crippen molar-refractivity contribution in [1.82, 2.24) is 19.8 Å². The number of imide groups is 1. The fourth-order valence-electron chi connectivity index (χ4n) is 2.72. The van der Waals surface area contributed by atoms with Crippen LogP contribution in [0, 0.1) is 0 Å². The van der Waals surface area contributed by atoms with Crippen LogP contribution in [0.3, 0.4) is 0 Å². The van der Waals surface area contributed by atoms with Gasteiger partial charge in [-0.1, -0.05) is 19.1 Å². The highest BCUT2D eigenvalue weighted by molar-refractivity contribution is 6.22. The molecule has 8 nitrogen and oxygen atoms in total. The molecule has 0 fully saturated rings. The molecule has 2 heterocycles. The molecule has 1 N–H and O–H groups in total. The normalized spacial score (nSPS) is 13.0. The summed E-state index contributed by atoms with van der Waals surface area (Å²) in [7, 11) is 0. The van der Waals surface area contributed by atoms with Gasteiger partial charge in [-0.25, -0.2) is 4.98 Å². The molecule has 0 aliphatic carbocycles. The second-order valence-electron chi connectivity index (χ2n) is 5.86. The molecular formula is C18H18N4O4. The van der Waals surface area contributed by atoms with Crippen molar-refractivity contribution in [3.05, 3.63) is 63.8 Å². The first-order valence-corrected chi connectivity index (χ1v) is 8.28. The molecule has 0 spiro atoms. The monoisotopic (exact) mass is 354 g/mol. The SMILES string of the molecule is CCc1cc(=O)n(CCNC(=O)CN2C(=O)c3ccccc3C2=O)cn1. The average molecular weight is 354 g/mol. The third-order valence-electron chi connectivity index (χ3n) is 4.15. The Labute approximate surface area is 149 Å². The van der Waals surface area contributed by atoms with Crippen LogP contribution in [-0.2, 0) is 17.8 Å². The Morgan fingerprint density at radius 3 is 2.35 bits per heavy atom. The summed E-state index contributed by atoms with van der Waals surface area (Å²) in [5, 5.41) is 2.61. The van der Waals surface area contributed by atoms with Crippen molar-refractivity contribution in [3.8, 4) is 0 Å². The van der Waals surface area contributed by atoms with Gasteiger partial charge in [0.1, 0.15) is 6.54 Å². The van der Waals surface area contributed by atoms with Crippen LogP contribution in [0.1, 0.15) is 33.3 Å². The molecular weight excluding hydrogens is 336 g/mol. The van der Waals surface area contributed by atoms with Crippen molar-refractivity contribution in [1.29, 1.82) is 0 Å². The van der Waals surface area contributed by atoms with Gasteiger partial charge in [-0.05, 0) is 18.6 Å². The van der Waals surface area contributed by atoms with E-state index in [4.69, 9.17) is 0 Å². The predicted octanol–water partition coefficient (Wildman–Crippen LogP) is 0.218. The van der Waals surface area contributed by atoms with E-state index in [9.17, 15) is 19.2 Å². The number of aryl methyl sites for hydroxylation is 1. The largest absolute Gasteiger partial charge is 0.353 e. The van der Waals surface area contributed by atoms with Gasteiger partial charge >= 0.3 is 0 Å². The number of nitrogens with zero attached hydrogens (tertiary/aromatic N) is 3. The number of hydrogen-bond donors (Lipinski definition) is 1. The maximum atomic E-state index is 12.2. The molecule has 26 heavy (non-hydrogen) atoms. The van der Waals surface area contributed by atoms with Crippen LogP contribution in [0.2, 0.25) is 0 Å². The minimum Gasteiger partial charge on any atom is -0.353 e. The number of aromatic nitrogens is 2. The van der Waals surface area contributed by atoms with E-state index in [0.29, 0.717) is 23.2 Å². The van der Waals surface area contributed by atoms with Gasteiger partial charge in [0.15, 0.2) is 0 Å². The van der Waals surface area contributed by atoms with Crippen molar-refractivity contribution in [2.75, 3.05) is 13.1 Å². The fraction of sp³-hybridized carbons (Fsp3) is 0.278. The van der Waals surface area contributed by atoms with Gasteiger partial charge in [0, 0.05) is 24.8 Å². The van der Waals surface area contributed by atoms with Crippen LogP contribution in [0.25, 0.3) is 0 Å². The highest BCUT2D eigenvalue weighted by Gasteiger charge is 2.36. The van der Waals surface area contributed by atoms with Gasteiger partial charge in [-0.3, -0.25) is 28.6 Å². The van der Waals surface area contributed by atoms with E-state index in [-0.39, 0.29) is 25.2 Å². The second kappa shape index (κ2) is 7.30. The van der Waals surface area contributed by atoms with E-state index < -0.39 is 17.7 Å². The van der Waals surface area contributed by atoms with Gasteiger partial charge in [-0.2, -0.15) is 0 Å². The number of amides is 3. The van der Waals surface area contributed by atoms with Gasteiger partial charge in [0.05, 0.1) is 17.5 Å². The molecule has 2 aromatic rings. The molecule has 1 aliphatic rings. The number of benzene rings is 1. The number of nitrogens with one attached hydrogen (secondary N) is 1. The Morgan fingerprint density at radius 2 is 1.77 bits per heavy atom. The van der Waals surface area contributed by atoms with Crippen molar-refractivity contribution in [2.24, 2.45) is 0 Å². The summed E-state index contributed by atoms with van der Waals surface area (Å²) in [6.07, 6.45) is 2.12. The number of rotatable bonds is 6. The number of carbonyl (C=O) groups excluding carboxylic acids is 3. The van der Waals surface area contributed by atoms with E-state index in [1.165, 1.54) is 17.0 Å². The smallest absolute Gasteiger partial charge is 0.262 e. The van der Waals surface area contributed by atoms with E-state index in [0.717, 1.165) is 4.90 Å². The Morgan fingerprint density at radius 1 is 1.12 bits per heavy atom. The van der Waals surface area contributed by atoms with Crippen molar-refractivity contribution < 1.29 is 14.4 Å². The third-order valence-corrected chi connectivity index (χ3v) is 4.15. The third kappa shape index (κ3) is 3.39. The summed E-state index contributed by atoms with van der Waals surface area (Å²) in [5.41, 5.74) is 1.13. The van der Waals surface area contributed by atoms with E-state index >= 15 is 0 Å². The summed E-state index contributed by atoms with van der Waals surface area (Å²) in [4.78, 5) is 53.4. The van der Waals surface area contributed by atoms with Crippen LogP contribution in [0.15, 0.2) is 41.5 Å². The Hall–Kier alpha value is -3.29. The molecule has 3 amide bonds. The Bertz CT molecular complexity index is 900. The van der Waals surface area contributed by atoms with Gasteiger partial charge in [0.2, 0.25) is 5.91 Å². The highest BCUT2D eigenvalue weighted by Crippen LogP contribution is 2.21. The zero-order chi connectivity index (χ0) is 18.7. The highest BCUT2D eigenvalue weighted by atomic mass is 16.2. The lowest BCUT2D eigenvalue weighted by molar-refractivity contribution is -0.121. The van der Waals surface area contributed by atoms with Crippen LogP contribution in [0.5, 0.6) is 0 Å². The summed E-state index contributed by atoms with van der Waals surface area (Å²) < 4.78 is 1.39. The quantitative estimate of drug-likeness (QED) is 0.748. The molecule has 1 aliphatic heterocycles. The van der Waals surface area contributed by atoms with Gasteiger partial charge < -0.3 is 5.32 Å². The van der Waals surface area contributed by atoms with Crippen LogP contribution in [0.4, 0.5) is 0 Å². The zero-order valence-electron chi connectivity index (χ0n) is 14.3. The Balaban J connectivity index is 1.55. The Kier molecular flexibility index (Phi) is 4.92. The topological polar surface area (TPSA) is 101 Å². The molecule has 0 saturated heterocycles. The molecule has 134 valence electrons. The van der Waals surface area contributed by atoms with Gasteiger partial charge in [0.25, 0.3) is 17.4 Å². The van der Waals surface area contributed by atoms with Crippen LogP contribution < -0.4 is 10.9 Å². The minimum absolute atomic E-state index is 0.188. The predicted molar refractivity (Wildman–Crippen MR) is 92.7 cm³/mol.